The van der Waals surface area contributed by atoms with E-state index in [1.807, 2.05) is 24.3 Å². The highest BCUT2D eigenvalue weighted by Gasteiger charge is 2.25. The van der Waals surface area contributed by atoms with Crippen molar-refractivity contribution in [1.29, 1.82) is 0 Å². The molecule has 0 saturated carbocycles. The Kier molecular flexibility index (Phi) is 5.69. The SMILES string of the molecule is CC(C)(CNCc1cccc(C(=O)O)c1)c1c(Cl)cccc1Cl. The van der Waals surface area contributed by atoms with E-state index in [1.165, 1.54) is 0 Å². The molecule has 0 saturated heterocycles. The summed E-state index contributed by atoms with van der Waals surface area (Å²) in [5.74, 6) is -0.921. The predicted molar refractivity (Wildman–Crippen MR) is 94.6 cm³/mol. The van der Waals surface area contributed by atoms with Crippen LogP contribution in [0.4, 0.5) is 0 Å². The number of benzene rings is 2. The lowest BCUT2D eigenvalue weighted by Gasteiger charge is -2.28. The fraction of sp³-hybridized carbons (Fsp3) is 0.278. The zero-order valence-corrected chi connectivity index (χ0v) is 14.6. The average molecular weight is 352 g/mol. The minimum atomic E-state index is -0.921. The molecule has 0 aromatic heterocycles. The van der Waals surface area contributed by atoms with Crippen molar-refractivity contribution in [1.82, 2.24) is 5.32 Å². The van der Waals surface area contributed by atoms with Crippen molar-refractivity contribution in [2.45, 2.75) is 25.8 Å². The van der Waals surface area contributed by atoms with Gasteiger partial charge in [-0.3, -0.25) is 0 Å². The summed E-state index contributed by atoms with van der Waals surface area (Å²) in [6.07, 6.45) is 0. The number of hydrogen-bond acceptors (Lipinski definition) is 2. The van der Waals surface area contributed by atoms with Gasteiger partial charge in [-0.25, -0.2) is 4.79 Å². The zero-order valence-electron chi connectivity index (χ0n) is 13.1. The highest BCUT2D eigenvalue weighted by Crippen LogP contribution is 2.35. The van der Waals surface area contributed by atoms with E-state index in [0.717, 1.165) is 11.1 Å². The minimum absolute atomic E-state index is 0.250. The summed E-state index contributed by atoms with van der Waals surface area (Å²) in [6, 6.07) is 12.4. The lowest BCUT2D eigenvalue weighted by molar-refractivity contribution is 0.0696. The summed E-state index contributed by atoms with van der Waals surface area (Å²) in [5.41, 5.74) is 1.87. The number of aromatic carboxylic acids is 1. The number of halogens is 2. The lowest BCUT2D eigenvalue weighted by atomic mass is 9.84. The number of carboxylic acid groups (broad SMARTS) is 1. The molecule has 2 N–H and O–H groups in total. The molecule has 0 spiro atoms. The fourth-order valence-electron chi connectivity index (χ4n) is 2.57. The average Bonchev–Trinajstić information content (AvgIpc) is 2.47. The van der Waals surface area contributed by atoms with Gasteiger partial charge < -0.3 is 10.4 Å². The second kappa shape index (κ2) is 7.35. The Balaban J connectivity index is 2.05. The predicted octanol–water partition coefficient (Wildman–Crippen LogP) is 4.76. The number of carboxylic acids is 1. The van der Waals surface area contributed by atoms with E-state index in [4.69, 9.17) is 28.3 Å². The highest BCUT2D eigenvalue weighted by atomic mass is 35.5. The molecule has 5 heteroatoms. The van der Waals surface area contributed by atoms with Crippen molar-refractivity contribution in [3.63, 3.8) is 0 Å². The van der Waals surface area contributed by atoms with Crippen LogP contribution in [0.15, 0.2) is 42.5 Å². The molecule has 0 aliphatic heterocycles. The van der Waals surface area contributed by atoms with Gasteiger partial charge in [0.2, 0.25) is 0 Å². The Hall–Kier alpha value is -1.55. The molecular weight excluding hydrogens is 333 g/mol. The van der Waals surface area contributed by atoms with Gasteiger partial charge in [0.15, 0.2) is 0 Å². The maximum absolute atomic E-state index is 11.0. The van der Waals surface area contributed by atoms with E-state index in [9.17, 15) is 4.79 Å². The van der Waals surface area contributed by atoms with Crippen molar-refractivity contribution >= 4 is 29.2 Å². The van der Waals surface area contributed by atoms with E-state index in [1.54, 1.807) is 18.2 Å². The van der Waals surface area contributed by atoms with E-state index in [0.29, 0.717) is 23.1 Å². The third kappa shape index (κ3) is 4.47. The molecule has 0 aliphatic carbocycles. The molecule has 122 valence electrons. The Morgan fingerprint density at radius 2 is 1.74 bits per heavy atom. The first-order valence-electron chi connectivity index (χ1n) is 7.29. The standard InChI is InChI=1S/C18H19Cl2NO2/c1-18(2,16-14(19)7-4-8-15(16)20)11-21-10-12-5-3-6-13(9-12)17(22)23/h3-9,21H,10-11H2,1-2H3,(H,22,23). The largest absolute Gasteiger partial charge is 0.478 e. The van der Waals surface area contributed by atoms with Gasteiger partial charge in [-0.2, -0.15) is 0 Å². The van der Waals surface area contributed by atoms with Gasteiger partial charge in [0.25, 0.3) is 0 Å². The molecule has 23 heavy (non-hydrogen) atoms. The van der Waals surface area contributed by atoms with Crippen LogP contribution in [0.2, 0.25) is 10.0 Å². The molecule has 0 fully saturated rings. The van der Waals surface area contributed by atoms with E-state index >= 15 is 0 Å². The molecule has 0 bridgehead atoms. The van der Waals surface area contributed by atoms with Crippen LogP contribution in [0.1, 0.15) is 35.3 Å². The summed E-state index contributed by atoms with van der Waals surface area (Å²) in [6.45, 7) is 5.38. The number of rotatable bonds is 6. The third-order valence-electron chi connectivity index (χ3n) is 3.71. The van der Waals surface area contributed by atoms with Gasteiger partial charge in [-0.15, -0.1) is 0 Å². The van der Waals surface area contributed by atoms with Gasteiger partial charge >= 0.3 is 5.97 Å². The van der Waals surface area contributed by atoms with Crippen LogP contribution in [0.5, 0.6) is 0 Å². The monoisotopic (exact) mass is 351 g/mol. The molecule has 0 aliphatic rings. The molecule has 0 heterocycles. The fourth-order valence-corrected chi connectivity index (χ4v) is 3.48. The topological polar surface area (TPSA) is 49.3 Å². The molecule has 0 atom stereocenters. The molecule has 2 aromatic carbocycles. The van der Waals surface area contributed by atoms with Crippen LogP contribution in [-0.2, 0) is 12.0 Å². The molecule has 2 rings (SSSR count). The van der Waals surface area contributed by atoms with E-state index in [-0.39, 0.29) is 11.0 Å². The zero-order chi connectivity index (χ0) is 17.0. The number of carbonyl (C=O) groups is 1. The smallest absolute Gasteiger partial charge is 0.335 e. The van der Waals surface area contributed by atoms with Crippen LogP contribution in [0.25, 0.3) is 0 Å². The Bertz CT molecular complexity index is 694. The van der Waals surface area contributed by atoms with Gasteiger partial charge in [0, 0.05) is 28.5 Å². The van der Waals surface area contributed by atoms with Crippen LogP contribution < -0.4 is 5.32 Å². The first-order valence-corrected chi connectivity index (χ1v) is 8.04. The van der Waals surface area contributed by atoms with Gasteiger partial charge in [-0.05, 0) is 35.4 Å². The maximum atomic E-state index is 11.0. The quantitative estimate of drug-likeness (QED) is 0.788. The van der Waals surface area contributed by atoms with E-state index in [2.05, 4.69) is 19.2 Å². The third-order valence-corrected chi connectivity index (χ3v) is 4.34. The summed E-state index contributed by atoms with van der Waals surface area (Å²) < 4.78 is 0. The van der Waals surface area contributed by atoms with Crippen LogP contribution in [0.3, 0.4) is 0 Å². The summed E-state index contributed by atoms with van der Waals surface area (Å²) in [5, 5.41) is 13.7. The normalized spacial score (nSPS) is 11.5. The first kappa shape index (κ1) is 17.8. The van der Waals surface area contributed by atoms with Gasteiger partial charge in [-0.1, -0.05) is 55.2 Å². The molecule has 0 unspecified atom stereocenters. The highest BCUT2D eigenvalue weighted by molar-refractivity contribution is 6.36. The summed E-state index contributed by atoms with van der Waals surface area (Å²) in [7, 11) is 0. The Morgan fingerprint density at radius 3 is 2.35 bits per heavy atom. The van der Waals surface area contributed by atoms with Crippen molar-refractivity contribution in [2.24, 2.45) is 0 Å². The maximum Gasteiger partial charge on any atom is 0.335 e. The Labute approximate surface area is 146 Å². The van der Waals surface area contributed by atoms with Crippen molar-refractivity contribution in [2.75, 3.05) is 6.54 Å². The summed E-state index contributed by atoms with van der Waals surface area (Å²) >= 11 is 12.6. The second-order valence-electron chi connectivity index (χ2n) is 6.09. The molecule has 0 radical (unpaired) electrons. The lowest BCUT2D eigenvalue weighted by Crippen LogP contribution is -2.33. The van der Waals surface area contributed by atoms with E-state index < -0.39 is 5.97 Å². The van der Waals surface area contributed by atoms with Crippen molar-refractivity contribution < 1.29 is 9.90 Å². The Morgan fingerprint density at radius 1 is 1.13 bits per heavy atom. The molecule has 0 amide bonds. The molecule has 3 nitrogen and oxygen atoms in total. The van der Waals surface area contributed by atoms with Crippen molar-refractivity contribution in [3.8, 4) is 0 Å². The number of hydrogen-bond donors (Lipinski definition) is 2. The minimum Gasteiger partial charge on any atom is -0.478 e. The number of nitrogens with one attached hydrogen (secondary N) is 1. The van der Waals surface area contributed by atoms with Gasteiger partial charge in [0.05, 0.1) is 5.56 Å². The van der Waals surface area contributed by atoms with Crippen LogP contribution in [-0.4, -0.2) is 17.6 Å². The van der Waals surface area contributed by atoms with Crippen LogP contribution >= 0.6 is 23.2 Å². The summed E-state index contributed by atoms with van der Waals surface area (Å²) in [4.78, 5) is 11.0. The van der Waals surface area contributed by atoms with Crippen LogP contribution in [0, 0.1) is 0 Å². The van der Waals surface area contributed by atoms with Crippen molar-refractivity contribution in [3.05, 3.63) is 69.2 Å². The second-order valence-corrected chi connectivity index (χ2v) is 6.90. The molecular formula is C18H19Cl2NO2. The first-order chi connectivity index (χ1) is 10.8. The van der Waals surface area contributed by atoms with Gasteiger partial charge in [0.1, 0.15) is 0 Å². The molecule has 2 aromatic rings.